The molecule has 5 rings (SSSR count). The summed E-state index contributed by atoms with van der Waals surface area (Å²) in [6.07, 6.45) is 13.6. The molecule has 1 aromatic heterocycles. The van der Waals surface area contributed by atoms with Gasteiger partial charge in [0.25, 0.3) is 0 Å². The van der Waals surface area contributed by atoms with Crippen LogP contribution in [0.1, 0.15) is 64.2 Å². The van der Waals surface area contributed by atoms with Crippen LogP contribution in [-0.2, 0) is 0 Å². The molecule has 1 aromatic carbocycles. The number of hydrogen-bond acceptors (Lipinski definition) is 5. The number of fused-ring (bicyclic) bond motifs is 1. The van der Waals surface area contributed by atoms with Crippen molar-refractivity contribution in [2.75, 3.05) is 42.9 Å². The summed E-state index contributed by atoms with van der Waals surface area (Å²) < 4.78 is 0. The van der Waals surface area contributed by atoms with Crippen LogP contribution in [0.5, 0.6) is 0 Å². The first-order valence-corrected chi connectivity index (χ1v) is 12.4. The van der Waals surface area contributed by atoms with E-state index in [-0.39, 0.29) is 0 Å². The van der Waals surface area contributed by atoms with Crippen LogP contribution in [0, 0.1) is 5.92 Å². The van der Waals surface area contributed by atoms with Gasteiger partial charge in [-0.3, -0.25) is 0 Å². The highest BCUT2D eigenvalue weighted by Gasteiger charge is 2.26. The fourth-order valence-corrected chi connectivity index (χ4v) is 5.68. The summed E-state index contributed by atoms with van der Waals surface area (Å²) in [5, 5.41) is 4.89. The molecule has 0 amide bonds. The lowest BCUT2D eigenvalue weighted by molar-refractivity contribution is 0.233. The van der Waals surface area contributed by atoms with E-state index in [2.05, 4.69) is 39.4 Å². The predicted molar refractivity (Wildman–Crippen MR) is 125 cm³/mol. The van der Waals surface area contributed by atoms with Crippen LogP contribution >= 0.6 is 0 Å². The van der Waals surface area contributed by atoms with Gasteiger partial charge < -0.3 is 15.1 Å². The second-order valence-corrected chi connectivity index (χ2v) is 9.68. The van der Waals surface area contributed by atoms with E-state index in [0.717, 1.165) is 42.8 Å². The van der Waals surface area contributed by atoms with E-state index in [1.807, 2.05) is 0 Å². The molecule has 0 spiro atoms. The Hall–Kier alpha value is -1.88. The molecule has 0 unspecified atom stereocenters. The third kappa shape index (κ3) is 4.72. The van der Waals surface area contributed by atoms with Crippen molar-refractivity contribution in [1.29, 1.82) is 0 Å². The maximum atomic E-state index is 5.06. The van der Waals surface area contributed by atoms with E-state index in [9.17, 15) is 0 Å². The Labute approximate surface area is 181 Å². The second kappa shape index (κ2) is 9.51. The minimum atomic E-state index is 0.465. The van der Waals surface area contributed by atoms with E-state index in [4.69, 9.17) is 9.97 Å². The molecule has 5 nitrogen and oxygen atoms in total. The molecule has 5 heteroatoms. The van der Waals surface area contributed by atoms with Crippen LogP contribution in [0.4, 0.5) is 11.8 Å². The highest BCUT2D eigenvalue weighted by atomic mass is 15.3. The highest BCUT2D eigenvalue weighted by molar-refractivity contribution is 5.90. The molecule has 2 aliphatic heterocycles. The lowest BCUT2D eigenvalue weighted by atomic mass is 9.89. The molecule has 1 aliphatic carbocycles. The average molecular weight is 408 g/mol. The van der Waals surface area contributed by atoms with Gasteiger partial charge in [-0.05, 0) is 50.2 Å². The number of para-hydroxylation sites is 1. The number of aromatic nitrogens is 2. The number of likely N-dealkylation sites (tertiary alicyclic amines) is 1. The van der Waals surface area contributed by atoms with E-state index in [1.165, 1.54) is 82.7 Å². The van der Waals surface area contributed by atoms with Crippen LogP contribution < -0.4 is 10.2 Å². The third-order valence-electron chi connectivity index (χ3n) is 7.34. The molecule has 2 saturated heterocycles. The molecule has 30 heavy (non-hydrogen) atoms. The first-order valence-electron chi connectivity index (χ1n) is 12.4. The Morgan fingerprint density at radius 1 is 0.833 bits per heavy atom. The molecule has 0 bridgehead atoms. The summed E-state index contributed by atoms with van der Waals surface area (Å²) in [6.45, 7) is 5.85. The largest absolute Gasteiger partial charge is 0.356 e. The van der Waals surface area contributed by atoms with Gasteiger partial charge in [-0.25, -0.2) is 4.98 Å². The van der Waals surface area contributed by atoms with Crippen molar-refractivity contribution in [2.45, 2.75) is 70.3 Å². The van der Waals surface area contributed by atoms with Crippen LogP contribution in [0.2, 0.25) is 0 Å². The lowest BCUT2D eigenvalue weighted by Gasteiger charge is -2.27. The maximum absolute atomic E-state index is 5.06. The van der Waals surface area contributed by atoms with Crippen LogP contribution in [-0.4, -0.2) is 53.6 Å². The number of benzene rings is 1. The van der Waals surface area contributed by atoms with Gasteiger partial charge in [0.15, 0.2) is 0 Å². The van der Waals surface area contributed by atoms with Gasteiger partial charge in [0.2, 0.25) is 5.95 Å². The zero-order valence-electron chi connectivity index (χ0n) is 18.4. The molecular formula is C25H37N5. The quantitative estimate of drug-likeness (QED) is 0.749. The van der Waals surface area contributed by atoms with Crippen LogP contribution in [0.15, 0.2) is 24.3 Å². The molecule has 0 radical (unpaired) electrons. The van der Waals surface area contributed by atoms with Gasteiger partial charge in [-0.2, -0.15) is 4.98 Å². The summed E-state index contributed by atoms with van der Waals surface area (Å²) in [5.41, 5.74) is 1.06. The summed E-state index contributed by atoms with van der Waals surface area (Å²) in [7, 11) is 0. The zero-order chi connectivity index (χ0) is 20.2. The minimum Gasteiger partial charge on any atom is -0.356 e. The Kier molecular flexibility index (Phi) is 6.35. The van der Waals surface area contributed by atoms with E-state index in [1.54, 1.807) is 0 Å². The molecule has 1 atom stereocenters. The monoisotopic (exact) mass is 407 g/mol. The third-order valence-corrected chi connectivity index (χ3v) is 7.34. The Balaban J connectivity index is 1.29. The Morgan fingerprint density at radius 3 is 2.43 bits per heavy atom. The normalized spacial score (nSPS) is 24.3. The van der Waals surface area contributed by atoms with Crippen molar-refractivity contribution in [1.82, 2.24) is 14.9 Å². The molecule has 3 aliphatic rings. The average Bonchev–Trinajstić information content (AvgIpc) is 3.04. The molecule has 3 heterocycles. The summed E-state index contributed by atoms with van der Waals surface area (Å²) >= 11 is 0. The van der Waals surface area contributed by atoms with Crippen molar-refractivity contribution < 1.29 is 0 Å². The number of hydrogen-bond donors (Lipinski definition) is 1. The minimum absolute atomic E-state index is 0.465. The van der Waals surface area contributed by atoms with Gasteiger partial charge in [0.05, 0.1) is 5.52 Å². The van der Waals surface area contributed by atoms with Crippen molar-refractivity contribution in [3.8, 4) is 0 Å². The van der Waals surface area contributed by atoms with Gasteiger partial charge in [-0.1, -0.05) is 44.2 Å². The fraction of sp³-hybridized carbons (Fsp3) is 0.680. The highest BCUT2D eigenvalue weighted by Crippen LogP contribution is 2.29. The number of rotatable bonds is 5. The first kappa shape index (κ1) is 20.0. The summed E-state index contributed by atoms with van der Waals surface area (Å²) in [4.78, 5) is 15.1. The van der Waals surface area contributed by atoms with E-state index in [0.29, 0.717) is 6.04 Å². The molecule has 3 fully saturated rings. The number of nitrogens with zero attached hydrogens (tertiary/aromatic N) is 4. The summed E-state index contributed by atoms with van der Waals surface area (Å²) in [5.74, 6) is 2.86. The van der Waals surface area contributed by atoms with Crippen molar-refractivity contribution in [3.63, 3.8) is 0 Å². The van der Waals surface area contributed by atoms with Gasteiger partial charge in [0, 0.05) is 44.2 Å². The fourth-order valence-electron chi connectivity index (χ4n) is 5.68. The van der Waals surface area contributed by atoms with Gasteiger partial charge in [-0.15, -0.1) is 0 Å². The van der Waals surface area contributed by atoms with Crippen molar-refractivity contribution in [2.24, 2.45) is 5.92 Å². The number of nitrogens with one attached hydrogen (secondary N) is 1. The van der Waals surface area contributed by atoms with E-state index >= 15 is 0 Å². The molecule has 162 valence electrons. The maximum Gasteiger partial charge on any atom is 0.225 e. The molecule has 2 aromatic rings. The smallest absolute Gasteiger partial charge is 0.225 e. The SMILES string of the molecule is c1ccc2c(N3CCCCCC3)nc(N[C@@H]3CCN(CC4CCCCC4)C3)nc2c1. The Morgan fingerprint density at radius 2 is 1.60 bits per heavy atom. The van der Waals surface area contributed by atoms with Crippen LogP contribution in [0.3, 0.4) is 0 Å². The van der Waals surface area contributed by atoms with Crippen LogP contribution in [0.25, 0.3) is 10.9 Å². The van der Waals surface area contributed by atoms with Gasteiger partial charge in [0.1, 0.15) is 5.82 Å². The summed E-state index contributed by atoms with van der Waals surface area (Å²) in [6, 6.07) is 8.98. The van der Waals surface area contributed by atoms with E-state index < -0.39 is 0 Å². The van der Waals surface area contributed by atoms with Crippen molar-refractivity contribution >= 4 is 22.7 Å². The Bertz CT molecular complexity index is 823. The topological polar surface area (TPSA) is 44.3 Å². The standard InChI is InChI=1S/C25H37N5/c1-2-9-16-30(15-8-1)24-22-12-6-7-13-23(22)27-25(28-24)26-21-14-17-29(19-21)18-20-10-4-3-5-11-20/h6-7,12-13,20-21H,1-5,8-11,14-19H2,(H,26,27,28)/t21-/m1/s1. The first-order chi connectivity index (χ1) is 14.8. The van der Waals surface area contributed by atoms with Gasteiger partial charge >= 0.3 is 0 Å². The molecule has 1 saturated carbocycles. The van der Waals surface area contributed by atoms with Crippen molar-refractivity contribution in [3.05, 3.63) is 24.3 Å². The molecular weight excluding hydrogens is 370 g/mol. The zero-order valence-corrected chi connectivity index (χ0v) is 18.4. The lowest BCUT2D eigenvalue weighted by Crippen LogP contribution is -2.31. The molecule has 1 N–H and O–H groups in total. The second-order valence-electron chi connectivity index (χ2n) is 9.68. The number of anilines is 2. The predicted octanol–water partition coefficient (Wildman–Crippen LogP) is 5.08.